The molecular weight excluding hydrogens is 404 g/mol. The van der Waals surface area contributed by atoms with E-state index in [1.165, 1.54) is 11.1 Å². The third-order valence-electron chi connectivity index (χ3n) is 5.15. The van der Waals surface area contributed by atoms with Gasteiger partial charge in [0.25, 0.3) is 0 Å². The summed E-state index contributed by atoms with van der Waals surface area (Å²) in [7, 11) is 5.54. The van der Waals surface area contributed by atoms with E-state index in [4.69, 9.17) is 9.47 Å². The fourth-order valence-electron chi connectivity index (χ4n) is 3.57. The predicted octanol–water partition coefficient (Wildman–Crippen LogP) is 2.63. The van der Waals surface area contributed by atoms with Gasteiger partial charge in [0.15, 0.2) is 11.5 Å². The molecular formula is C25H34N4O3. The molecule has 0 fully saturated rings. The first-order valence-corrected chi connectivity index (χ1v) is 10.9. The molecule has 3 aromatic rings. The largest absolute Gasteiger partial charge is 0.493 e. The molecule has 0 radical (unpaired) electrons. The first kappa shape index (κ1) is 23.8. The van der Waals surface area contributed by atoms with E-state index < -0.39 is 6.10 Å². The molecule has 7 heteroatoms. The summed E-state index contributed by atoms with van der Waals surface area (Å²) in [5.74, 6) is 1.30. The average Bonchev–Trinajstić information content (AvgIpc) is 3.21. The second-order valence-corrected chi connectivity index (χ2v) is 8.08. The number of hydrogen-bond donors (Lipinski definition) is 2. The Morgan fingerprint density at radius 3 is 2.62 bits per heavy atom. The molecule has 1 heterocycles. The highest BCUT2D eigenvalue weighted by Crippen LogP contribution is 2.28. The number of aryl methyl sites for hydroxylation is 1. The number of likely N-dealkylation sites (N-methyl/N-ethyl adjacent to an activating group) is 1. The predicted molar refractivity (Wildman–Crippen MR) is 126 cm³/mol. The van der Waals surface area contributed by atoms with Crippen molar-refractivity contribution in [3.05, 3.63) is 77.6 Å². The zero-order valence-corrected chi connectivity index (χ0v) is 19.2. The van der Waals surface area contributed by atoms with Gasteiger partial charge in [0.05, 0.1) is 13.3 Å². The molecule has 32 heavy (non-hydrogen) atoms. The van der Waals surface area contributed by atoms with Crippen molar-refractivity contribution in [2.45, 2.75) is 25.6 Å². The van der Waals surface area contributed by atoms with Crippen LogP contribution in [-0.2, 0) is 26.6 Å². The van der Waals surface area contributed by atoms with Gasteiger partial charge >= 0.3 is 0 Å². The van der Waals surface area contributed by atoms with E-state index in [2.05, 4.69) is 27.4 Å². The number of rotatable bonds is 13. The SMILES string of the molecule is COc1ccc(CNCCc2cnn(C)c2)cc1OC[C@H](O)CN(C)Cc1ccccc1. The minimum absolute atomic E-state index is 0.202. The van der Waals surface area contributed by atoms with Crippen LogP contribution in [0.1, 0.15) is 16.7 Å². The van der Waals surface area contributed by atoms with Crippen LogP contribution in [0.5, 0.6) is 11.5 Å². The lowest BCUT2D eigenvalue weighted by Gasteiger charge is -2.21. The van der Waals surface area contributed by atoms with Crippen molar-refractivity contribution >= 4 is 0 Å². The summed E-state index contributed by atoms with van der Waals surface area (Å²) in [6.45, 7) is 3.09. The topological polar surface area (TPSA) is 71.8 Å². The molecule has 0 saturated heterocycles. The summed E-state index contributed by atoms with van der Waals surface area (Å²) in [5, 5.41) is 18.1. The van der Waals surface area contributed by atoms with Crippen LogP contribution >= 0.6 is 0 Å². The summed E-state index contributed by atoms with van der Waals surface area (Å²) in [6.07, 6.45) is 4.25. The zero-order valence-electron chi connectivity index (χ0n) is 19.2. The molecule has 7 nitrogen and oxygen atoms in total. The third-order valence-corrected chi connectivity index (χ3v) is 5.15. The van der Waals surface area contributed by atoms with Crippen LogP contribution in [0.15, 0.2) is 60.9 Å². The van der Waals surface area contributed by atoms with E-state index in [1.807, 2.05) is 67.6 Å². The maximum absolute atomic E-state index is 10.4. The van der Waals surface area contributed by atoms with Gasteiger partial charge in [-0.3, -0.25) is 9.58 Å². The quantitative estimate of drug-likeness (QED) is 0.400. The minimum atomic E-state index is -0.602. The van der Waals surface area contributed by atoms with Crippen molar-refractivity contribution < 1.29 is 14.6 Å². The molecule has 0 aliphatic carbocycles. The van der Waals surface area contributed by atoms with Gasteiger partial charge in [-0.05, 0) is 48.8 Å². The monoisotopic (exact) mass is 438 g/mol. The van der Waals surface area contributed by atoms with Gasteiger partial charge in [-0.1, -0.05) is 36.4 Å². The molecule has 0 spiro atoms. The molecule has 1 aromatic heterocycles. The Balaban J connectivity index is 1.45. The van der Waals surface area contributed by atoms with Crippen LogP contribution < -0.4 is 14.8 Å². The molecule has 0 aliphatic rings. The van der Waals surface area contributed by atoms with E-state index in [0.29, 0.717) is 18.0 Å². The second-order valence-electron chi connectivity index (χ2n) is 8.08. The van der Waals surface area contributed by atoms with Crippen LogP contribution in [0, 0.1) is 0 Å². The number of nitrogens with zero attached hydrogens (tertiary/aromatic N) is 3. The highest BCUT2D eigenvalue weighted by Gasteiger charge is 2.12. The Labute approximate surface area is 190 Å². The lowest BCUT2D eigenvalue weighted by molar-refractivity contribution is 0.0732. The molecule has 0 amide bonds. The van der Waals surface area contributed by atoms with Crippen molar-refractivity contribution in [3.8, 4) is 11.5 Å². The number of hydrogen-bond acceptors (Lipinski definition) is 6. The highest BCUT2D eigenvalue weighted by molar-refractivity contribution is 5.43. The van der Waals surface area contributed by atoms with Crippen molar-refractivity contribution in [2.24, 2.45) is 7.05 Å². The Kier molecular flexibility index (Phi) is 9.10. The van der Waals surface area contributed by atoms with Crippen molar-refractivity contribution in [2.75, 3.05) is 33.9 Å². The average molecular weight is 439 g/mol. The molecule has 1 atom stereocenters. The molecule has 0 unspecified atom stereocenters. The van der Waals surface area contributed by atoms with Crippen molar-refractivity contribution in [3.63, 3.8) is 0 Å². The standard InChI is InChI=1S/C25H34N4O3/c1-28(16-20-7-5-4-6-8-20)18-23(30)19-32-25-13-21(9-10-24(25)31-3)14-26-12-11-22-15-27-29(2)17-22/h4-10,13,15,17,23,26,30H,11-12,14,16,18-19H2,1-3H3/t23-/m1/s1. The number of aliphatic hydroxyl groups is 1. The highest BCUT2D eigenvalue weighted by atomic mass is 16.5. The van der Waals surface area contributed by atoms with Crippen LogP contribution in [-0.4, -0.2) is 59.7 Å². The molecule has 172 valence electrons. The fraction of sp³-hybridized carbons (Fsp3) is 0.400. The van der Waals surface area contributed by atoms with Crippen LogP contribution in [0.4, 0.5) is 0 Å². The molecule has 2 aromatic carbocycles. The Hall–Kier alpha value is -2.87. The van der Waals surface area contributed by atoms with Gasteiger partial charge in [0.2, 0.25) is 0 Å². The smallest absolute Gasteiger partial charge is 0.161 e. The number of aromatic nitrogens is 2. The van der Waals surface area contributed by atoms with Gasteiger partial charge in [-0.15, -0.1) is 0 Å². The minimum Gasteiger partial charge on any atom is -0.493 e. The van der Waals surface area contributed by atoms with Crippen molar-refractivity contribution in [1.82, 2.24) is 20.0 Å². The third kappa shape index (κ3) is 7.67. The number of methoxy groups -OCH3 is 1. The maximum Gasteiger partial charge on any atom is 0.161 e. The summed E-state index contributed by atoms with van der Waals surface area (Å²) < 4.78 is 13.2. The fourth-order valence-corrected chi connectivity index (χ4v) is 3.57. The van der Waals surface area contributed by atoms with Gasteiger partial charge < -0.3 is 19.9 Å². The molecule has 0 aliphatic heterocycles. The number of nitrogens with one attached hydrogen (secondary N) is 1. The van der Waals surface area contributed by atoms with Crippen LogP contribution in [0.25, 0.3) is 0 Å². The zero-order chi connectivity index (χ0) is 22.8. The Morgan fingerprint density at radius 1 is 1.09 bits per heavy atom. The number of ether oxygens (including phenoxy) is 2. The number of benzene rings is 2. The van der Waals surface area contributed by atoms with E-state index >= 15 is 0 Å². The van der Waals surface area contributed by atoms with E-state index in [0.717, 1.165) is 31.6 Å². The second kappa shape index (κ2) is 12.2. The normalized spacial score (nSPS) is 12.2. The van der Waals surface area contributed by atoms with Gasteiger partial charge in [-0.25, -0.2) is 0 Å². The first-order chi connectivity index (χ1) is 15.5. The van der Waals surface area contributed by atoms with E-state index in [-0.39, 0.29) is 6.61 Å². The summed E-state index contributed by atoms with van der Waals surface area (Å²) in [6, 6.07) is 16.1. The Morgan fingerprint density at radius 2 is 1.91 bits per heavy atom. The number of aliphatic hydroxyl groups excluding tert-OH is 1. The van der Waals surface area contributed by atoms with Crippen molar-refractivity contribution in [1.29, 1.82) is 0 Å². The van der Waals surface area contributed by atoms with Crippen LogP contribution in [0.3, 0.4) is 0 Å². The van der Waals surface area contributed by atoms with Gasteiger partial charge in [0.1, 0.15) is 12.7 Å². The Bertz CT molecular complexity index is 945. The van der Waals surface area contributed by atoms with E-state index in [9.17, 15) is 5.11 Å². The lowest BCUT2D eigenvalue weighted by Crippen LogP contribution is -2.32. The van der Waals surface area contributed by atoms with Gasteiger partial charge in [0, 0.05) is 32.9 Å². The van der Waals surface area contributed by atoms with Crippen LogP contribution in [0.2, 0.25) is 0 Å². The maximum atomic E-state index is 10.4. The summed E-state index contributed by atoms with van der Waals surface area (Å²) in [4.78, 5) is 2.09. The molecule has 0 saturated carbocycles. The van der Waals surface area contributed by atoms with Gasteiger partial charge in [-0.2, -0.15) is 5.10 Å². The summed E-state index contributed by atoms with van der Waals surface area (Å²) >= 11 is 0. The lowest BCUT2D eigenvalue weighted by atomic mass is 10.2. The molecule has 3 rings (SSSR count). The summed E-state index contributed by atoms with van der Waals surface area (Å²) in [5.41, 5.74) is 3.53. The molecule has 2 N–H and O–H groups in total. The first-order valence-electron chi connectivity index (χ1n) is 10.9. The molecule has 0 bridgehead atoms. The van der Waals surface area contributed by atoms with E-state index in [1.54, 1.807) is 7.11 Å².